The van der Waals surface area contributed by atoms with Gasteiger partial charge in [-0.05, 0) is 32.4 Å². The van der Waals surface area contributed by atoms with Gasteiger partial charge in [-0.2, -0.15) is 0 Å². The van der Waals surface area contributed by atoms with E-state index in [1.54, 1.807) is 0 Å². The number of carbonyl (C=O) groups is 1. The van der Waals surface area contributed by atoms with Gasteiger partial charge in [0, 0.05) is 27.9 Å². The first kappa shape index (κ1) is 15.5. The molecule has 1 saturated heterocycles. The third kappa shape index (κ3) is 3.48. The standard InChI is InChI=1S/C16H18ClN3OS/c1-10-8-11(6-7-18-10)15(21)20-16-19-14(9-22-16)12-4-2-3-5-13(12)17/h2-5,9-11,18H,6-8H2,1H3,(H,19,20,21)/t10-,11-/m0/s1. The minimum atomic E-state index is 0.0592. The van der Waals surface area contributed by atoms with E-state index in [-0.39, 0.29) is 11.8 Å². The molecule has 1 aliphatic heterocycles. The fourth-order valence-corrected chi connectivity index (χ4v) is 3.65. The SMILES string of the molecule is C[C@H]1C[C@@H](C(=O)Nc2nc(-c3ccccc3Cl)cs2)CCN1. The molecule has 2 atom stereocenters. The number of piperidine rings is 1. The van der Waals surface area contributed by atoms with Crippen LogP contribution in [0.25, 0.3) is 11.3 Å². The maximum Gasteiger partial charge on any atom is 0.229 e. The molecule has 2 N–H and O–H groups in total. The highest BCUT2D eigenvalue weighted by Gasteiger charge is 2.25. The third-order valence-corrected chi connectivity index (χ3v) is 4.97. The molecule has 2 aromatic rings. The van der Waals surface area contributed by atoms with Gasteiger partial charge in [0.15, 0.2) is 5.13 Å². The second-order valence-corrected chi connectivity index (χ2v) is 6.85. The summed E-state index contributed by atoms with van der Waals surface area (Å²) in [6.07, 6.45) is 1.74. The number of thiazole rings is 1. The molecule has 3 rings (SSSR count). The van der Waals surface area contributed by atoms with Crippen LogP contribution in [0, 0.1) is 5.92 Å². The van der Waals surface area contributed by atoms with Crippen molar-refractivity contribution in [3.8, 4) is 11.3 Å². The van der Waals surface area contributed by atoms with Crippen LogP contribution in [-0.2, 0) is 4.79 Å². The number of amides is 1. The molecule has 22 heavy (non-hydrogen) atoms. The summed E-state index contributed by atoms with van der Waals surface area (Å²) in [4.78, 5) is 16.8. The fourth-order valence-electron chi connectivity index (χ4n) is 2.70. The van der Waals surface area contributed by atoms with Crippen molar-refractivity contribution in [2.24, 2.45) is 5.92 Å². The lowest BCUT2D eigenvalue weighted by Crippen LogP contribution is -2.40. The molecule has 2 heterocycles. The van der Waals surface area contributed by atoms with Crippen molar-refractivity contribution in [3.05, 3.63) is 34.7 Å². The molecule has 1 fully saturated rings. The summed E-state index contributed by atoms with van der Waals surface area (Å²) in [5.74, 6) is 0.123. The Bertz CT molecular complexity index is 673. The zero-order valence-electron chi connectivity index (χ0n) is 12.3. The molecule has 0 aliphatic carbocycles. The van der Waals surface area contributed by atoms with E-state index in [0.29, 0.717) is 16.2 Å². The van der Waals surface area contributed by atoms with Gasteiger partial charge >= 0.3 is 0 Å². The second kappa shape index (κ2) is 6.77. The Morgan fingerprint density at radius 2 is 2.27 bits per heavy atom. The van der Waals surface area contributed by atoms with Crippen molar-refractivity contribution >= 4 is 34.0 Å². The van der Waals surface area contributed by atoms with E-state index in [9.17, 15) is 4.79 Å². The maximum absolute atomic E-state index is 12.3. The Kier molecular flexibility index (Phi) is 4.76. The number of carbonyl (C=O) groups excluding carboxylic acids is 1. The van der Waals surface area contributed by atoms with Gasteiger partial charge in [-0.15, -0.1) is 11.3 Å². The van der Waals surface area contributed by atoms with Crippen molar-refractivity contribution in [2.75, 3.05) is 11.9 Å². The molecule has 0 spiro atoms. The Hall–Kier alpha value is -1.43. The minimum absolute atomic E-state index is 0.0592. The van der Waals surface area contributed by atoms with E-state index >= 15 is 0 Å². The fraction of sp³-hybridized carbons (Fsp3) is 0.375. The van der Waals surface area contributed by atoms with Crippen LogP contribution >= 0.6 is 22.9 Å². The van der Waals surface area contributed by atoms with Gasteiger partial charge in [0.05, 0.1) is 5.69 Å². The molecule has 6 heteroatoms. The minimum Gasteiger partial charge on any atom is -0.314 e. The van der Waals surface area contributed by atoms with Crippen molar-refractivity contribution in [1.82, 2.24) is 10.3 Å². The lowest BCUT2D eigenvalue weighted by Gasteiger charge is -2.26. The third-order valence-electron chi connectivity index (χ3n) is 3.88. The molecule has 116 valence electrons. The summed E-state index contributed by atoms with van der Waals surface area (Å²) in [7, 11) is 0. The highest BCUT2D eigenvalue weighted by atomic mass is 35.5. The van der Waals surface area contributed by atoms with Crippen LogP contribution in [0.2, 0.25) is 5.02 Å². The molecule has 1 aromatic carbocycles. The molecule has 0 unspecified atom stereocenters. The Labute approximate surface area is 138 Å². The van der Waals surface area contributed by atoms with Crippen LogP contribution in [0.3, 0.4) is 0 Å². The number of halogens is 1. The van der Waals surface area contributed by atoms with Crippen LogP contribution in [0.5, 0.6) is 0 Å². The number of aromatic nitrogens is 1. The van der Waals surface area contributed by atoms with E-state index in [0.717, 1.165) is 30.6 Å². The molecule has 0 saturated carbocycles. The monoisotopic (exact) mass is 335 g/mol. The number of nitrogens with one attached hydrogen (secondary N) is 2. The Morgan fingerprint density at radius 1 is 1.45 bits per heavy atom. The lowest BCUT2D eigenvalue weighted by molar-refractivity contribution is -0.120. The van der Waals surface area contributed by atoms with E-state index < -0.39 is 0 Å². The zero-order chi connectivity index (χ0) is 15.5. The molecule has 0 radical (unpaired) electrons. The quantitative estimate of drug-likeness (QED) is 0.897. The molecule has 0 bridgehead atoms. The van der Waals surface area contributed by atoms with E-state index in [1.165, 1.54) is 11.3 Å². The topological polar surface area (TPSA) is 54.0 Å². The van der Waals surface area contributed by atoms with E-state index in [1.807, 2.05) is 29.6 Å². The number of anilines is 1. The number of hydrogen-bond acceptors (Lipinski definition) is 4. The lowest BCUT2D eigenvalue weighted by atomic mass is 9.92. The summed E-state index contributed by atoms with van der Waals surface area (Å²) in [6.45, 7) is 3.00. The zero-order valence-corrected chi connectivity index (χ0v) is 13.9. The first-order valence-corrected chi connectivity index (χ1v) is 8.64. The highest BCUT2D eigenvalue weighted by molar-refractivity contribution is 7.14. The van der Waals surface area contributed by atoms with Crippen LogP contribution in [0.1, 0.15) is 19.8 Å². The average Bonchev–Trinajstić information content (AvgIpc) is 2.96. The Morgan fingerprint density at radius 3 is 3.05 bits per heavy atom. The first-order valence-electron chi connectivity index (χ1n) is 7.38. The van der Waals surface area contributed by atoms with Crippen molar-refractivity contribution in [3.63, 3.8) is 0 Å². The summed E-state index contributed by atoms with van der Waals surface area (Å²) in [6, 6.07) is 7.97. The normalized spacial score (nSPS) is 21.5. The van der Waals surface area contributed by atoms with Crippen LogP contribution in [0.15, 0.2) is 29.6 Å². The molecular formula is C16H18ClN3OS. The van der Waals surface area contributed by atoms with E-state index in [2.05, 4.69) is 22.5 Å². The predicted octanol–water partition coefficient (Wildman–Crippen LogP) is 3.79. The first-order chi connectivity index (χ1) is 10.6. The molecule has 1 amide bonds. The molecule has 1 aromatic heterocycles. The summed E-state index contributed by atoms with van der Waals surface area (Å²) in [5, 5.41) is 9.51. The summed E-state index contributed by atoms with van der Waals surface area (Å²) in [5.41, 5.74) is 1.68. The highest BCUT2D eigenvalue weighted by Crippen LogP contribution is 2.30. The van der Waals surface area contributed by atoms with E-state index in [4.69, 9.17) is 11.6 Å². The van der Waals surface area contributed by atoms with Gasteiger partial charge in [0.25, 0.3) is 0 Å². The molecule has 4 nitrogen and oxygen atoms in total. The van der Waals surface area contributed by atoms with Crippen LogP contribution in [-0.4, -0.2) is 23.5 Å². The number of nitrogens with zero attached hydrogens (tertiary/aromatic N) is 1. The molecular weight excluding hydrogens is 318 g/mol. The summed E-state index contributed by atoms with van der Waals surface area (Å²) < 4.78 is 0. The van der Waals surface area contributed by atoms with Crippen LogP contribution in [0.4, 0.5) is 5.13 Å². The maximum atomic E-state index is 12.3. The largest absolute Gasteiger partial charge is 0.314 e. The van der Waals surface area contributed by atoms with Crippen molar-refractivity contribution in [2.45, 2.75) is 25.8 Å². The van der Waals surface area contributed by atoms with Crippen molar-refractivity contribution < 1.29 is 4.79 Å². The second-order valence-electron chi connectivity index (χ2n) is 5.58. The van der Waals surface area contributed by atoms with Gasteiger partial charge in [0.1, 0.15) is 0 Å². The van der Waals surface area contributed by atoms with Gasteiger partial charge < -0.3 is 10.6 Å². The van der Waals surface area contributed by atoms with Gasteiger partial charge in [-0.25, -0.2) is 4.98 Å². The van der Waals surface area contributed by atoms with Gasteiger partial charge in [-0.3, -0.25) is 4.79 Å². The van der Waals surface area contributed by atoms with Crippen LogP contribution < -0.4 is 10.6 Å². The number of rotatable bonds is 3. The van der Waals surface area contributed by atoms with Crippen molar-refractivity contribution in [1.29, 1.82) is 0 Å². The summed E-state index contributed by atoms with van der Waals surface area (Å²) >= 11 is 7.61. The Balaban J connectivity index is 1.69. The van der Waals surface area contributed by atoms with Gasteiger partial charge in [0.2, 0.25) is 5.91 Å². The van der Waals surface area contributed by atoms with Gasteiger partial charge in [-0.1, -0.05) is 29.8 Å². The number of hydrogen-bond donors (Lipinski definition) is 2. The average molecular weight is 336 g/mol. The number of benzene rings is 1. The molecule has 1 aliphatic rings. The predicted molar refractivity (Wildman–Crippen MR) is 91.4 cm³/mol. The smallest absolute Gasteiger partial charge is 0.229 e.